The van der Waals surface area contributed by atoms with Crippen LogP contribution in [0.5, 0.6) is 11.5 Å². The standard InChI is InChI=1S/C24H19BrClN3O5/c1-33-21-11-15(9-10-20(21)34-24(32)18-7-2-3-8-19(18)26)13-28-29-22(30)14-27-23(31)16-5-4-6-17(25)12-16/h2-13H,14H2,1H3,(H,27,31)(H,29,30)/b28-13+. The first-order valence-corrected chi connectivity index (χ1v) is 11.0. The lowest BCUT2D eigenvalue weighted by Gasteiger charge is -2.10. The molecule has 0 radical (unpaired) electrons. The molecule has 2 N–H and O–H groups in total. The number of methoxy groups -OCH3 is 1. The summed E-state index contributed by atoms with van der Waals surface area (Å²) in [4.78, 5) is 36.4. The molecule has 0 atom stereocenters. The average molecular weight is 545 g/mol. The number of amides is 2. The van der Waals surface area contributed by atoms with E-state index in [0.717, 1.165) is 4.47 Å². The quantitative estimate of drug-likeness (QED) is 0.191. The number of nitrogens with zero attached hydrogens (tertiary/aromatic N) is 1. The minimum atomic E-state index is -0.623. The zero-order chi connectivity index (χ0) is 24.5. The number of ether oxygens (including phenoxy) is 2. The SMILES string of the molecule is COc1cc(/C=N/NC(=O)CNC(=O)c2cccc(Br)c2)ccc1OC(=O)c1ccccc1Cl. The van der Waals surface area contributed by atoms with Gasteiger partial charge in [-0.3, -0.25) is 9.59 Å². The highest BCUT2D eigenvalue weighted by Crippen LogP contribution is 2.29. The van der Waals surface area contributed by atoms with E-state index in [9.17, 15) is 14.4 Å². The number of esters is 1. The maximum atomic E-state index is 12.4. The summed E-state index contributed by atoms with van der Waals surface area (Å²) in [5.74, 6) is -1.02. The Labute approximate surface area is 209 Å². The van der Waals surface area contributed by atoms with Crippen molar-refractivity contribution in [3.63, 3.8) is 0 Å². The van der Waals surface area contributed by atoms with Crippen molar-refractivity contribution in [3.8, 4) is 11.5 Å². The Morgan fingerprint density at radius 1 is 1.03 bits per heavy atom. The maximum absolute atomic E-state index is 12.4. The fourth-order valence-electron chi connectivity index (χ4n) is 2.74. The first-order valence-electron chi connectivity index (χ1n) is 9.88. The highest BCUT2D eigenvalue weighted by atomic mass is 79.9. The van der Waals surface area contributed by atoms with Crippen molar-refractivity contribution < 1.29 is 23.9 Å². The van der Waals surface area contributed by atoms with Crippen molar-refractivity contribution >= 4 is 51.5 Å². The molecule has 3 aromatic carbocycles. The van der Waals surface area contributed by atoms with Gasteiger partial charge in [-0.05, 0) is 54.1 Å². The number of halogens is 2. The minimum absolute atomic E-state index is 0.198. The molecule has 0 unspecified atom stereocenters. The molecule has 0 aliphatic rings. The largest absolute Gasteiger partial charge is 0.493 e. The number of carbonyl (C=O) groups excluding carboxylic acids is 3. The van der Waals surface area contributed by atoms with Crippen LogP contribution in [0.3, 0.4) is 0 Å². The summed E-state index contributed by atoms with van der Waals surface area (Å²) in [6.07, 6.45) is 1.39. The highest BCUT2D eigenvalue weighted by molar-refractivity contribution is 9.10. The van der Waals surface area contributed by atoms with E-state index in [1.165, 1.54) is 19.4 Å². The lowest BCUT2D eigenvalue weighted by Crippen LogP contribution is -2.34. The van der Waals surface area contributed by atoms with Gasteiger partial charge in [0.15, 0.2) is 11.5 Å². The van der Waals surface area contributed by atoms with Crippen LogP contribution in [0.25, 0.3) is 0 Å². The smallest absolute Gasteiger partial charge is 0.345 e. The van der Waals surface area contributed by atoms with Gasteiger partial charge in [-0.25, -0.2) is 10.2 Å². The van der Waals surface area contributed by atoms with Crippen LogP contribution in [0.2, 0.25) is 5.02 Å². The Morgan fingerprint density at radius 3 is 2.56 bits per heavy atom. The second-order valence-corrected chi connectivity index (χ2v) is 8.09. The van der Waals surface area contributed by atoms with Gasteiger partial charge in [0.25, 0.3) is 11.8 Å². The Morgan fingerprint density at radius 2 is 1.82 bits per heavy atom. The molecule has 0 heterocycles. The Kier molecular flexibility index (Phi) is 8.78. The fourth-order valence-corrected chi connectivity index (χ4v) is 3.35. The number of hydrazone groups is 1. The zero-order valence-corrected chi connectivity index (χ0v) is 20.2. The number of rotatable bonds is 8. The lowest BCUT2D eigenvalue weighted by molar-refractivity contribution is -0.120. The van der Waals surface area contributed by atoms with E-state index in [2.05, 4.69) is 31.8 Å². The van der Waals surface area contributed by atoms with Crippen molar-refractivity contribution in [1.29, 1.82) is 0 Å². The van der Waals surface area contributed by atoms with Crippen LogP contribution >= 0.6 is 27.5 Å². The highest BCUT2D eigenvalue weighted by Gasteiger charge is 2.15. The molecule has 10 heteroatoms. The summed E-state index contributed by atoms with van der Waals surface area (Å²) in [7, 11) is 1.43. The van der Waals surface area contributed by atoms with E-state index in [1.807, 2.05) is 0 Å². The van der Waals surface area contributed by atoms with Crippen molar-refractivity contribution in [2.45, 2.75) is 0 Å². The van der Waals surface area contributed by atoms with Crippen molar-refractivity contribution in [3.05, 3.63) is 92.9 Å². The van der Waals surface area contributed by atoms with Gasteiger partial charge in [-0.2, -0.15) is 5.10 Å². The number of hydrogen-bond donors (Lipinski definition) is 2. The van der Waals surface area contributed by atoms with Gasteiger partial charge in [0.2, 0.25) is 0 Å². The number of benzene rings is 3. The van der Waals surface area contributed by atoms with Crippen molar-refractivity contribution in [2.24, 2.45) is 5.10 Å². The number of carbonyl (C=O) groups is 3. The molecule has 8 nitrogen and oxygen atoms in total. The molecule has 3 rings (SSSR count). The van der Waals surface area contributed by atoms with Gasteiger partial charge < -0.3 is 14.8 Å². The number of nitrogens with one attached hydrogen (secondary N) is 2. The summed E-state index contributed by atoms with van der Waals surface area (Å²) in [5, 5.41) is 6.66. The molecule has 0 saturated heterocycles. The molecule has 174 valence electrons. The van der Waals surface area contributed by atoms with E-state index in [0.29, 0.717) is 11.1 Å². The Hall–Kier alpha value is -3.69. The topological polar surface area (TPSA) is 106 Å². The van der Waals surface area contributed by atoms with Crippen LogP contribution in [-0.4, -0.2) is 37.7 Å². The summed E-state index contributed by atoms with van der Waals surface area (Å²) in [5.41, 5.74) is 3.56. The van der Waals surface area contributed by atoms with E-state index < -0.39 is 11.9 Å². The third-order valence-electron chi connectivity index (χ3n) is 4.38. The summed E-state index contributed by atoms with van der Waals surface area (Å²) in [6, 6.07) is 18.1. The first-order chi connectivity index (χ1) is 16.4. The van der Waals surface area contributed by atoms with Gasteiger partial charge in [0.05, 0.1) is 30.5 Å². The fraction of sp³-hybridized carbons (Fsp3) is 0.0833. The summed E-state index contributed by atoms with van der Waals surface area (Å²) < 4.78 is 11.4. The minimum Gasteiger partial charge on any atom is -0.493 e. The van der Waals surface area contributed by atoms with Gasteiger partial charge >= 0.3 is 5.97 Å². The molecule has 3 aromatic rings. The van der Waals surface area contributed by atoms with Crippen LogP contribution in [0, 0.1) is 0 Å². The average Bonchev–Trinajstić information content (AvgIpc) is 2.83. The Bertz CT molecular complexity index is 1250. The van der Waals surface area contributed by atoms with Crippen molar-refractivity contribution in [1.82, 2.24) is 10.7 Å². The van der Waals surface area contributed by atoms with Crippen LogP contribution < -0.4 is 20.2 Å². The maximum Gasteiger partial charge on any atom is 0.345 e. The van der Waals surface area contributed by atoms with E-state index in [4.69, 9.17) is 21.1 Å². The summed E-state index contributed by atoms with van der Waals surface area (Å²) in [6.45, 7) is -0.247. The lowest BCUT2D eigenvalue weighted by atomic mass is 10.2. The zero-order valence-electron chi connectivity index (χ0n) is 17.9. The molecule has 0 saturated carbocycles. The molecule has 0 fully saturated rings. The second-order valence-electron chi connectivity index (χ2n) is 6.77. The molecule has 2 amide bonds. The second kappa shape index (κ2) is 12.0. The van der Waals surface area contributed by atoms with E-state index >= 15 is 0 Å². The van der Waals surface area contributed by atoms with Crippen LogP contribution in [0.15, 0.2) is 76.3 Å². The predicted molar refractivity (Wildman–Crippen MR) is 132 cm³/mol. The van der Waals surface area contributed by atoms with Crippen molar-refractivity contribution in [2.75, 3.05) is 13.7 Å². The Balaban J connectivity index is 1.55. The van der Waals surface area contributed by atoms with Crippen LogP contribution in [-0.2, 0) is 4.79 Å². The molecule has 34 heavy (non-hydrogen) atoms. The van der Waals surface area contributed by atoms with Crippen LogP contribution in [0.1, 0.15) is 26.3 Å². The van der Waals surface area contributed by atoms with E-state index in [1.54, 1.807) is 60.7 Å². The van der Waals surface area contributed by atoms with Crippen LogP contribution in [0.4, 0.5) is 0 Å². The first kappa shape index (κ1) is 24.9. The third-order valence-corrected chi connectivity index (χ3v) is 5.21. The molecular formula is C24H19BrClN3O5. The normalized spacial score (nSPS) is 10.6. The molecule has 0 aliphatic heterocycles. The van der Waals surface area contributed by atoms with Gasteiger partial charge in [0.1, 0.15) is 0 Å². The van der Waals surface area contributed by atoms with E-state index in [-0.39, 0.29) is 34.5 Å². The van der Waals surface area contributed by atoms with Gasteiger partial charge in [0, 0.05) is 10.0 Å². The monoisotopic (exact) mass is 543 g/mol. The molecule has 0 bridgehead atoms. The molecule has 0 aliphatic carbocycles. The number of hydrogen-bond acceptors (Lipinski definition) is 6. The van der Waals surface area contributed by atoms with Gasteiger partial charge in [-0.1, -0.05) is 45.7 Å². The molecular weight excluding hydrogens is 526 g/mol. The molecule has 0 aromatic heterocycles. The molecule has 0 spiro atoms. The summed E-state index contributed by atoms with van der Waals surface area (Å²) >= 11 is 9.32. The third kappa shape index (κ3) is 6.90. The predicted octanol–water partition coefficient (Wildman–Crippen LogP) is 4.21. The van der Waals surface area contributed by atoms with Gasteiger partial charge in [-0.15, -0.1) is 0 Å².